The van der Waals surface area contributed by atoms with E-state index in [0.717, 1.165) is 5.56 Å². The maximum absolute atomic E-state index is 11.6. The van der Waals surface area contributed by atoms with Crippen molar-refractivity contribution in [2.45, 2.75) is 25.5 Å². The summed E-state index contributed by atoms with van der Waals surface area (Å²) >= 11 is 0. The number of hydrogen-bond donors (Lipinski definition) is 2. The highest BCUT2D eigenvalue weighted by Gasteiger charge is 2.23. The van der Waals surface area contributed by atoms with Crippen molar-refractivity contribution in [2.75, 3.05) is 0 Å². The van der Waals surface area contributed by atoms with Crippen LogP contribution < -0.4 is 5.73 Å². The molecule has 0 aliphatic rings. The van der Waals surface area contributed by atoms with Crippen molar-refractivity contribution in [1.82, 2.24) is 0 Å². The van der Waals surface area contributed by atoms with E-state index in [1.54, 1.807) is 24.3 Å². The van der Waals surface area contributed by atoms with Gasteiger partial charge in [0, 0.05) is 6.42 Å². The minimum absolute atomic E-state index is 0.00242. The van der Waals surface area contributed by atoms with Crippen LogP contribution in [0.1, 0.15) is 18.4 Å². The molecule has 0 bridgehead atoms. The van der Waals surface area contributed by atoms with E-state index in [9.17, 15) is 14.4 Å². The zero-order chi connectivity index (χ0) is 15.0. The van der Waals surface area contributed by atoms with Gasteiger partial charge in [0.15, 0.2) is 5.78 Å². The number of ether oxygens (including phenoxy) is 1. The maximum atomic E-state index is 11.6. The minimum Gasteiger partial charge on any atom is -0.455 e. The average Bonchev–Trinajstić information content (AvgIpc) is 2.49. The number of Topliss-reactive ketones (excluding diaryl/α,β-unsaturated/α-hetero) is 2. The molecule has 0 aromatic heterocycles. The van der Waals surface area contributed by atoms with Gasteiger partial charge in [-0.1, -0.05) is 30.3 Å². The Balaban J connectivity index is 2.40. The average molecular weight is 276 g/mol. The highest BCUT2D eigenvalue weighted by atomic mass is 16.5. The van der Waals surface area contributed by atoms with Crippen molar-refractivity contribution in [3.05, 3.63) is 35.9 Å². The van der Waals surface area contributed by atoms with Crippen LogP contribution in [0.15, 0.2) is 30.3 Å². The van der Waals surface area contributed by atoms with E-state index >= 15 is 0 Å². The largest absolute Gasteiger partial charge is 0.455 e. The summed E-state index contributed by atoms with van der Waals surface area (Å²) < 4.78 is 4.85. The van der Waals surface area contributed by atoms with E-state index in [1.165, 1.54) is 0 Å². The van der Waals surface area contributed by atoms with Gasteiger partial charge in [-0.25, -0.2) is 4.79 Å². The maximum Gasteiger partial charge on any atom is 0.376 e. The first kappa shape index (κ1) is 15.7. The lowest BCUT2D eigenvalue weighted by molar-refractivity contribution is -0.155. The van der Waals surface area contributed by atoms with Crippen molar-refractivity contribution in [1.29, 1.82) is 5.41 Å². The lowest BCUT2D eigenvalue weighted by atomic mass is 10.1. The van der Waals surface area contributed by atoms with E-state index in [2.05, 4.69) is 0 Å². The molecule has 1 aromatic carbocycles. The molecule has 0 aliphatic carbocycles. The van der Waals surface area contributed by atoms with Crippen molar-refractivity contribution in [2.24, 2.45) is 5.73 Å². The Bertz CT molecular complexity index is 499. The Morgan fingerprint density at radius 3 is 2.50 bits per heavy atom. The molecule has 0 fully saturated rings. The summed E-state index contributed by atoms with van der Waals surface area (Å²) in [5.74, 6) is -2.31. The summed E-state index contributed by atoms with van der Waals surface area (Å²) in [6, 6.07) is 7.86. The molecule has 6 heteroatoms. The van der Waals surface area contributed by atoms with Crippen LogP contribution >= 0.6 is 0 Å². The van der Waals surface area contributed by atoms with Gasteiger partial charge >= 0.3 is 5.97 Å². The topological polar surface area (TPSA) is 110 Å². The predicted molar refractivity (Wildman–Crippen MR) is 72.2 cm³/mol. The van der Waals surface area contributed by atoms with Gasteiger partial charge in [-0.3, -0.25) is 9.59 Å². The molecule has 6 nitrogen and oxygen atoms in total. The summed E-state index contributed by atoms with van der Waals surface area (Å²) in [5, 5.41) is 6.71. The summed E-state index contributed by atoms with van der Waals surface area (Å²) in [6.45, 7) is -0.00242. The van der Waals surface area contributed by atoms with Gasteiger partial charge < -0.3 is 15.9 Å². The number of hydrogen-bond acceptors (Lipinski definition) is 6. The number of esters is 1. The van der Waals surface area contributed by atoms with E-state index < -0.39 is 23.6 Å². The molecule has 0 radical (unpaired) electrons. The third-order valence-electron chi connectivity index (χ3n) is 2.61. The standard InChI is InChI=1S/C14H16N2O4/c15-8-11(17)6-7-12(16)13(18)14(19)20-9-10-4-2-1-3-5-10/h1-5,8,12,15H,6-7,9,16H2/t12-/m0/s1. The SMILES string of the molecule is N=CC(=O)CC[C@H](N)C(=O)C(=O)OCc1ccccc1. The highest BCUT2D eigenvalue weighted by Crippen LogP contribution is 2.03. The van der Waals surface area contributed by atoms with Crippen molar-refractivity contribution in [3.63, 3.8) is 0 Å². The van der Waals surface area contributed by atoms with E-state index in [1.807, 2.05) is 6.07 Å². The monoisotopic (exact) mass is 276 g/mol. The van der Waals surface area contributed by atoms with E-state index in [4.69, 9.17) is 15.9 Å². The fourth-order valence-electron chi connectivity index (χ4n) is 1.45. The van der Waals surface area contributed by atoms with Crippen LogP contribution in [0.5, 0.6) is 0 Å². The van der Waals surface area contributed by atoms with E-state index in [-0.39, 0.29) is 19.4 Å². The molecule has 1 atom stereocenters. The smallest absolute Gasteiger partial charge is 0.376 e. The number of carbonyl (C=O) groups excluding carboxylic acids is 3. The molecule has 0 aliphatic heterocycles. The van der Waals surface area contributed by atoms with Gasteiger partial charge in [0.05, 0.1) is 12.3 Å². The van der Waals surface area contributed by atoms with Gasteiger partial charge in [-0.2, -0.15) is 0 Å². The van der Waals surface area contributed by atoms with Gasteiger partial charge in [-0.15, -0.1) is 0 Å². The number of ketones is 2. The molecule has 106 valence electrons. The molecule has 0 spiro atoms. The molecule has 20 heavy (non-hydrogen) atoms. The Morgan fingerprint density at radius 2 is 1.90 bits per heavy atom. The van der Waals surface area contributed by atoms with Crippen LogP contribution in [0.25, 0.3) is 0 Å². The molecule has 1 rings (SSSR count). The second-order valence-corrected chi connectivity index (χ2v) is 4.18. The fraction of sp³-hybridized carbons (Fsp3) is 0.286. The zero-order valence-corrected chi connectivity index (χ0v) is 10.9. The molecular formula is C14H16N2O4. The first-order valence-electron chi connectivity index (χ1n) is 6.08. The number of carbonyl (C=O) groups is 3. The summed E-state index contributed by atoms with van der Waals surface area (Å²) in [5.41, 5.74) is 6.28. The first-order chi connectivity index (χ1) is 9.54. The quantitative estimate of drug-likeness (QED) is 0.411. The minimum atomic E-state index is -1.08. The van der Waals surface area contributed by atoms with Gasteiger partial charge in [0.25, 0.3) is 5.78 Å². The van der Waals surface area contributed by atoms with Crippen molar-refractivity contribution < 1.29 is 19.1 Å². The van der Waals surface area contributed by atoms with Crippen LogP contribution in [0, 0.1) is 5.41 Å². The molecule has 1 aromatic rings. The molecule has 0 heterocycles. The van der Waals surface area contributed by atoms with Gasteiger partial charge in [0.1, 0.15) is 6.61 Å². The highest BCUT2D eigenvalue weighted by molar-refractivity contribution is 6.35. The summed E-state index contributed by atoms with van der Waals surface area (Å²) in [4.78, 5) is 34.0. The van der Waals surface area contributed by atoms with E-state index in [0.29, 0.717) is 6.21 Å². The molecule has 3 N–H and O–H groups in total. The number of nitrogens with two attached hydrogens (primary N) is 1. The second kappa shape index (κ2) is 7.96. The molecule has 0 unspecified atom stereocenters. The van der Waals surface area contributed by atoms with Gasteiger partial charge in [0.2, 0.25) is 0 Å². The van der Waals surface area contributed by atoms with Crippen molar-refractivity contribution >= 4 is 23.8 Å². The predicted octanol–water partition coefficient (Wildman–Crippen LogP) is 0.625. The Labute approximate surface area is 116 Å². The normalized spacial score (nSPS) is 11.4. The molecule has 0 saturated heterocycles. The van der Waals surface area contributed by atoms with Crippen molar-refractivity contribution in [3.8, 4) is 0 Å². The second-order valence-electron chi connectivity index (χ2n) is 4.18. The van der Waals surface area contributed by atoms with Crippen LogP contribution in [0.4, 0.5) is 0 Å². The molecule has 0 amide bonds. The van der Waals surface area contributed by atoms with Crippen LogP contribution in [-0.2, 0) is 25.7 Å². The first-order valence-corrected chi connectivity index (χ1v) is 6.08. The third kappa shape index (κ3) is 5.11. The lowest BCUT2D eigenvalue weighted by Crippen LogP contribution is -2.37. The summed E-state index contributed by atoms with van der Waals surface area (Å²) in [7, 11) is 0. The van der Waals surface area contributed by atoms with Crippen LogP contribution in [-0.4, -0.2) is 29.8 Å². The number of rotatable bonds is 8. The van der Waals surface area contributed by atoms with Crippen LogP contribution in [0.2, 0.25) is 0 Å². The molecule has 0 saturated carbocycles. The Kier molecular flexibility index (Phi) is 6.25. The number of nitrogens with one attached hydrogen (secondary N) is 1. The third-order valence-corrected chi connectivity index (χ3v) is 2.61. The number of benzene rings is 1. The Hall–Kier alpha value is -2.34. The zero-order valence-electron chi connectivity index (χ0n) is 10.9. The molecular weight excluding hydrogens is 260 g/mol. The lowest BCUT2D eigenvalue weighted by Gasteiger charge is -2.09. The van der Waals surface area contributed by atoms with Gasteiger partial charge in [-0.05, 0) is 12.0 Å². The fourth-order valence-corrected chi connectivity index (χ4v) is 1.45. The summed E-state index contributed by atoms with van der Waals surface area (Å²) in [6.07, 6.45) is 0.640. The van der Waals surface area contributed by atoms with Crippen LogP contribution in [0.3, 0.4) is 0 Å². The Morgan fingerprint density at radius 1 is 1.25 bits per heavy atom.